The molecule has 0 aromatic heterocycles. The SMILES string of the molecule is CCC(CNC(C)C)N(CCCOC)CCOC. The van der Waals surface area contributed by atoms with Crippen LogP contribution in [0.1, 0.15) is 33.6 Å². The molecule has 0 rings (SSSR count). The molecular weight excluding hydrogens is 228 g/mol. The Balaban J connectivity index is 4.17. The summed E-state index contributed by atoms with van der Waals surface area (Å²) < 4.78 is 10.3. The van der Waals surface area contributed by atoms with Gasteiger partial charge in [0.25, 0.3) is 0 Å². The van der Waals surface area contributed by atoms with Crippen LogP contribution in [0.5, 0.6) is 0 Å². The van der Waals surface area contributed by atoms with Gasteiger partial charge in [-0.3, -0.25) is 4.90 Å². The number of hydrogen-bond acceptors (Lipinski definition) is 4. The van der Waals surface area contributed by atoms with Gasteiger partial charge >= 0.3 is 0 Å². The third-order valence-electron chi connectivity index (χ3n) is 3.13. The fourth-order valence-corrected chi connectivity index (χ4v) is 2.00. The number of nitrogens with zero attached hydrogens (tertiary/aromatic N) is 1. The van der Waals surface area contributed by atoms with Crippen LogP contribution in [-0.2, 0) is 9.47 Å². The fraction of sp³-hybridized carbons (Fsp3) is 1.00. The molecule has 0 spiro atoms. The van der Waals surface area contributed by atoms with E-state index in [9.17, 15) is 0 Å². The average molecular weight is 260 g/mol. The van der Waals surface area contributed by atoms with Gasteiger partial charge in [-0.25, -0.2) is 0 Å². The van der Waals surface area contributed by atoms with Gasteiger partial charge in [-0.15, -0.1) is 0 Å². The van der Waals surface area contributed by atoms with Crippen molar-refractivity contribution in [2.24, 2.45) is 0 Å². The number of rotatable bonds is 12. The minimum absolute atomic E-state index is 0.544. The summed E-state index contributed by atoms with van der Waals surface area (Å²) in [4.78, 5) is 2.51. The molecule has 0 amide bonds. The Morgan fingerprint density at radius 1 is 1.06 bits per heavy atom. The van der Waals surface area contributed by atoms with E-state index in [-0.39, 0.29) is 0 Å². The molecule has 18 heavy (non-hydrogen) atoms. The third kappa shape index (κ3) is 8.86. The zero-order chi connectivity index (χ0) is 13.8. The van der Waals surface area contributed by atoms with Crippen molar-refractivity contribution in [2.75, 3.05) is 47.1 Å². The summed E-state index contributed by atoms with van der Waals surface area (Å²) >= 11 is 0. The van der Waals surface area contributed by atoms with Gasteiger partial charge in [0.2, 0.25) is 0 Å². The van der Waals surface area contributed by atoms with Gasteiger partial charge in [-0.05, 0) is 12.8 Å². The normalized spacial score (nSPS) is 13.5. The molecule has 0 aliphatic rings. The first-order chi connectivity index (χ1) is 8.65. The van der Waals surface area contributed by atoms with Crippen molar-refractivity contribution in [1.82, 2.24) is 10.2 Å². The van der Waals surface area contributed by atoms with Gasteiger partial charge in [0, 0.05) is 52.5 Å². The van der Waals surface area contributed by atoms with Gasteiger partial charge < -0.3 is 14.8 Å². The van der Waals surface area contributed by atoms with E-state index < -0.39 is 0 Å². The number of hydrogen-bond donors (Lipinski definition) is 1. The second-order valence-corrected chi connectivity index (χ2v) is 5.00. The van der Waals surface area contributed by atoms with Crippen molar-refractivity contribution in [3.05, 3.63) is 0 Å². The molecule has 1 N–H and O–H groups in total. The molecule has 0 aromatic carbocycles. The summed E-state index contributed by atoms with van der Waals surface area (Å²) in [5, 5.41) is 3.53. The van der Waals surface area contributed by atoms with Crippen molar-refractivity contribution in [2.45, 2.75) is 45.7 Å². The molecule has 0 fully saturated rings. The van der Waals surface area contributed by atoms with Crippen LogP contribution in [0.25, 0.3) is 0 Å². The van der Waals surface area contributed by atoms with E-state index in [4.69, 9.17) is 9.47 Å². The van der Waals surface area contributed by atoms with E-state index in [1.54, 1.807) is 14.2 Å². The summed E-state index contributed by atoms with van der Waals surface area (Å²) in [6.45, 7) is 11.4. The molecule has 0 aliphatic carbocycles. The first-order valence-electron chi connectivity index (χ1n) is 7.11. The topological polar surface area (TPSA) is 33.7 Å². The Kier molecular flexibility index (Phi) is 11.8. The third-order valence-corrected chi connectivity index (χ3v) is 3.13. The zero-order valence-electron chi connectivity index (χ0n) is 12.9. The molecular formula is C14H32N2O2. The standard InChI is InChI=1S/C14H32N2O2/c1-6-14(12-15-13(2)3)16(9-11-18-5)8-7-10-17-4/h13-15H,6-12H2,1-5H3. The first-order valence-corrected chi connectivity index (χ1v) is 7.11. The fourth-order valence-electron chi connectivity index (χ4n) is 2.00. The highest BCUT2D eigenvalue weighted by Gasteiger charge is 2.16. The maximum absolute atomic E-state index is 5.21. The molecule has 4 nitrogen and oxygen atoms in total. The van der Waals surface area contributed by atoms with E-state index in [2.05, 4.69) is 31.0 Å². The largest absolute Gasteiger partial charge is 0.385 e. The molecule has 0 bridgehead atoms. The minimum atomic E-state index is 0.544. The highest BCUT2D eigenvalue weighted by Crippen LogP contribution is 2.05. The lowest BCUT2D eigenvalue weighted by atomic mass is 10.1. The van der Waals surface area contributed by atoms with Gasteiger partial charge in [-0.2, -0.15) is 0 Å². The summed E-state index contributed by atoms with van der Waals surface area (Å²) in [5.41, 5.74) is 0. The van der Waals surface area contributed by atoms with Crippen molar-refractivity contribution >= 4 is 0 Å². The molecule has 0 saturated carbocycles. The van der Waals surface area contributed by atoms with Crippen molar-refractivity contribution in [3.8, 4) is 0 Å². The lowest BCUT2D eigenvalue weighted by Gasteiger charge is -2.31. The molecule has 0 saturated heterocycles. The maximum atomic E-state index is 5.21. The lowest BCUT2D eigenvalue weighted by Crippen LogP contribution is -2.45. The Bertz CT molecular complexity index is 177. The van der Waals surface area contributed by atoms with Crippen LogP contribution in [0.4, 0.5) is 0 Å². The molecule has 1 atom stereocenters. The van der Waals surface area contributed by atoms with Crippen LogP contribution >= 0.6 is 0 Å². The smallest absolute Gasteiger partial charge is 0.0589 e. The predicted octanol–water partition coefficient (Wildman–Crippen LogP) is 1.75. The molecule has 0 radical (unpaired) electrons. The molecule has 1 unspecified atom stereocenters. The van der Waals surface area contributed by atoms with Crippen LogP contribution < -0.4 is 5.32 Å². The van der Waals surface area contributed by atoms with Crippen LogP contribution in [0.2, 0.25) is 0 Å². The number of methoxy groups -OCH3 is 2. The Hall–Kier alpha value is -0.160. The van der Waals surface area contributed by atoms with Crippen LogP contribution in [0.15, 0.2) is 0 Å². The first kappa shape index (κ1) is 17.8. The highest BCUT2D eigenvalue weighted by atomic mass is 16.5. The van der Waals surface area contributed by atoms with Gasteiger partial charge in [0.1, 0.15) is 0 Å². The molecule has 110 valence electrons. The maximum Gasteiger partial charge on any atom is 0.0589 e. The minimum Gasteiger partial charge on any atom is -0.385 e. The van der Waals surface area contributed by atoms with Gasteiger partial charge in [-0.1, -0.05) is 20.8 Å². The highest BCUT2D eigenvalue weighted by molar-refractivity contribution is 4.74. The Labute approximate surface area is 113 Å². The Morgan fingerprint density at radius 3 is 2.22 bits per heavy atom. The van der Waals surface area contributed by atoms with Gasteiger partial charge in [0.15, 0.2) is 0 Å². The van der Waals surface area contributed by atoms with Crippen LogP contribution in [0.3, 0.4) is 0 Å². The van der Waals surface area contributed by atoms with E-state index in [0.717, 1.165) is 45.7 Å². The number of nitrogens with one attached hydrogen (secondary N) is 1. The number of ether oxygens (including phenoxy) is 2. The zero-order valence-corrected chi connectivity index (χ0v) is 12.9. The predicted molar refractivity (Wildman–Crippen MR) is 77.2 cm³/mol. The molecule has 0 aliphatic heterocycles. The van der Waals surface area contributed by atoms with Crippen molar-refractivity contribution < 1.29 is 9.47 Å². The summed E-state index contributed by atoms with van der Waals surface area (Å²) in [6, 6.07) is 1.13. The lowest BCUT2D eigenvalue weighted by molar-refractivity contribution is 0.103. The van der Waals surface area contributed by atoms with E-state index in [1.165, 1.54) is 0 Å². The quantitative estimate of drug-likeness (QED) is 0.542. The second-order valence-electron chi connectivity index (χ2n) is 5.00. The van der Waals surface area contributed by atoms with Gasteiger partial charge in [0.05, 0.1) is 6.61 Å². The summed E-state index contributed by atoms with van der Waals surface area (Å²) in [6.07, 6.45) is 2.24. The monoisotopic (exact) mass is 260 g/mol. The second kappa shape index (κ2) is 11.9. The summed E-state index contributed by atoms with van der Waals surface area (Å²) in [5.74, 6) is 0. The molecule has 0 aromatic rings. The molecule has 0 heterocycles. The Morgan fingerprint density at radius 2 is 1.72 bits per heavy atom. The van der Waals surface area contributed by atoms with Crippen molar-refractivity contribution in [1.29, 1.82) is 0 Å². The van der Waals surface area contributed by atoms with Crippen LogP contribution in [0, 0.1) is 0 Å². The molecule has 4 heteroatoms. The van der Waals surface area contributed by atoms with E-state index >= 15 is 0 Å². The summed E-state index contributed by atoms with van der Waals surface area (Å²) in [7, 11) is 3.53. The van der Waals surface area contributed by atoms with Crippen molar-refractivity contribution in [3.63, 3.8) is 0 Å². The average Bonchev–Trinajstić information content (AvgIpc) is 2.35. The van der Waals surface area contributed by atoms with Crippen LogP contribution in [-0.4, -0.2) is 64.1 Å². The van der Waals surface area contributed by atoms with E-state index in [1.807, 2.05) is 0 Å². The van der Waals surface area contributed by atoms with E-state index in [0.29, 0.717) is 12.1 Å².